The number of piperidine rings is 1. The van der Waals surface area contributed by atoms with Crippen molar-refractivity contribution in [2.24, 2.45) is 11.8 Å². The van der Waals surface area contributed by atoms with Crippen LogP contribution in [0.2, 0.25) is 0 Å². The molecule has 0 spiro atoms. The number of hydrogen-bond donors (Lipinski definition) is 0. The molecule has 2 heterocycles. The average Bonchev–Trinajstić information content (AvgIpc) is 2.52. The molecular formula is C20H34N2. The third-order valence-corrected chi connectivity index (χ3v) is 4.83. The van der Waals surface area contributed by atoms with Crippen LogP contribution in [0.5, 0.6) is 0 Å². The number of aromatic nitrogens is 1. The zero-order chi connectivity index (χ0) is 15.8. The second-order valence-electron chi connectivity index (χ2n) is 7.63. The maximum atomic E-state index is 4.46. The molecule has 1 aromatic heterocycles. The number of hydrogen-bond acceptors (Lipinski definition) is 2. The minimum absolute atomic E-state index is 0.754. The second kappa shape index (κ2) is 9.29. The molecule has 0 bridgehead atoms. The Hall–Kier alpha value is -0.890. The van der Waals surface area contributed by atoms with Crippen LogP contribution in [0.15, 0.2) is 18.5 Å². The maximum Gasteiger partial charge on any atom is 0.0300 e. The summed E-state index contributed by atoms with van der Waals surface area (Å²) in [4.78, 5) is 7.11. The summed E-state index contributed by atoms with van der Waals surface area (Å²) in [7, 11) is 0. The molecule has 1 unspecified atom stereocenters. The van der Waals surface area contributed by atoms with Crippen LogP contribution in [0, 0.1) is 11.8 Å². The van der Waals surface area contributed by atoms with Crippen molar-refractivity contribution in [2.45, 2.75) is 65.7 Å². The van der Waals surface area contributed by atoms with Gasteiger partial charge in [0.05, 0.1) is 0 Å². The summed E-state index contributed by atoms with van der Waals surface area (Å²) in [6, 6.07) is 2.38. The second-order valence-corrected chi connectivity index (χ2v) is 7.63. The summed E-state index contributed by atoms with van der Waals surface area (Å²) in [5.74, 6) is 1.52. The smallest absolute Gasteiger partial charge is 0.0300 e. The Morgan fingerprint density at radius 2 is 1.73 bits per heavy atom. The normalized spacial score (nSPS) is 17.8. The molecular weight excluding hydrogens is 268 g/mol. The van der Waals surface area contributed by atoms with Gasteiger partial charge >= 0.3 is 0 Å². The molecule has 2 nitrogen and oxygen atoms in total. The Kier molecular flexibility index (Phi) is 7.38. The summed E-state index contributed by atoms with van der Waals surface area (Å²) >= 11 is 0. The predicted octanol–water partition coefficient (Wildman–Crippen LogP) is 4.72. The fourth-order valence-electron chi connectivity index (χ4n) is 3.34. The first kappa shape index (κ1) is 17.5. The molecule has 0 saturated carbocycles. The molecule has 1 aliphatic heterocycles. The molecule has 1 aliphatic rings. The van der Waals surface area contributed by atoms with Gasteiger partial charge in [0, 0.05) is 12.4 Å². The molecule has 1 aromatic rings. The lowest BCUT2D eigenvalue weighted by molar-refractivity contribution is 0.215. The quantitative estimate of drug-likeness (QED) is 0.690. The molecule has 0 aromatic carbocycles. The standard InChI is InChI=1S/C20H34N2/c1-17(2)7-8-19-14-20(16-21-15-19)13-18(3)9-12-22-10-5-4-6-11-22/h14-18H,4-13H2,1-3H3. The van der Waals surface area contributed by atoms with Crippen LogP contribution >= 0.6 is 0 Å². The van der Waals surface area contributed by atoms with E-state index in [-0.39, 0.29) is 0 Å². The van der Waals surface area contributed by atoms with Crippen LogP contribution in [0.1, 0.15) is 64.0 Å². The molecule has 22 heavy (non-hydrogen) atoms. The first-order chi connectivity index (χ1) is 10.6. The third kappa shape index (κ3) is 6.48. The summed E-state index contributed by atoms with van der Waals surface area (Å²) < 4.78 is 0. The van der Waals surface area contributed by atoms with Gasteiger partial charge in [-0.15, -0.1) is 0 Å². The zero-order valence-corrected chi connectivity index (χ0v) is 14.9. The lowest BCUT2D eigenvalue weighted by atomic mass is 9.96. The van der Waals surface area contributed by atoms with Gasteiger partial charge in [-0.2, -0.15) is 0 Å². The minimum Gasteiger partial charge on any atom is -0.303 e. The van der Waals surface area contributed by atoms with Gasteiger partial charge in [-0.05, 0) is 81.1 Å². The fraction of sp³-hybridized carbons (Fsp3) is 0.750. The van der Waals surface area contributed by atoms with Crippen LogP contribution in [-0.4, -0.2) is 29.5 Å². The van der Waals surface area contributed by atoms with Gasteiger partial charge in [0.25, 0.3) is 0 Å². The summed E-state index contributed by atoms with van der Waals surface area (Å²) in [5, 5.41) is 0. The first-order valence-corrected chi connectivity index (χ1v) is 9.28. The van der Waals surface area contributed by atoms with Gasteiger partial charge in [0.15, 0.2) is 0 Å². The van der Waals surface area contributed by atoms with Gasteiger partial charge in [-0.3, -0.25) is 4.98 Å². The number of rotatable bonds is 8. The van der Waals surface area contributed by atoms with E-state index < -0.39 is 0 Å². The monoisotopic (exact) mass is 302 g/mol. The Morgan fingerprint density at radius 3 is 2.45 bits per heavy atom. The van der Waals surface area contributed by atoms with E-state index >= 15 is 0 Å². The van der Waals surface area contributed by atoms with Crippen molar-refractivity contribution in [1.29, 1.82) is 0 Å². The summed E-state index contributed by atoms with van der Waals surface area (Å²) in [6.07, 6.45) is 13.3. The fourth-order valence-corrected chi connectivity index (χ4v) is 3.34. The highest BCUT2D eigenvalue weighted by Gasteiger charge is 2.12. The van der Waals surface area contributed by atoms with Crippen molar-refractivity contribution in [2.75, 3.05) is 19.6 Å². The Bertz CT molecular complexity index is 421. The van der Waals surface area contributed by atoms with Crippen LogP contribution in [0.3, 0.4) is 0 Å². The van der Waals surface area contributed by atoms with E-state index in [0.29, 0.717) is 0 Å². The van der Waals surface area contributed by atoms with E-state index in [4.69, 9.17) is 0 Å². The molecule has 1 saturated heterocycles. The van der Waals surface area contributed by atoms with E-state index in [1.165, 1.54) is 75.7 Å². The highest BCUT2D eigenvalue weighted by atomic mass is 15.1. The van der Waals surface area contributed by atoms with Gasteiger partial charge in [-0.25, -0.2) is 0 Å². The number of aryl methyl sites for hydroxylation is 1. The van der Waals surface area contributed by atoms with Crippen molar-refractivity contribution in [1.82, 2.24) is 9.88 Å². The lowest BCUT2D eigenvalue weighted by Crippen LogP contribution is -2.31. The van der Waals surface area contributed by atoms with Crippen LogP contribution in [0.4, 0.5) is 0 Å². The first-order valence-electron chi connectivity index (χ1n) is 9.28. The molecule has 2 heteroatoms. The Labute approximate surface area is 137 Å². The van der Waals surface area contributed by atoms with E-state index in [9.17, 15) is 0 Å². The highest BCUT2D eigenvalue weighted by molar-refractivity contribution is 5.18. The van der Waals surface area contributed by atoms with Gasteiger partial charge < -0.3 is 4.90 Å². The summed E-state index contributed by atoms with van der Waals surface area (Å²) in [6.45, 7) is 10.9. The topological polar surface area (TPSA) is 16.1 Å². The number of nitrogens with zero attached hydrogens (tertiary/aromatic N) is 2. The molecule has 2 rings (SSSR count). The molecule has 1 fully saturated rings. The van der Waals surface area contributed by atoms with Gasteiger partial charge in [0.1, 0.15) is 0 Å². The number of likely N-dealkylation sites (tertiary alicyclic amines) is 1. The maximum absolute atomic E-state index is 4.46. The van der Waals surface area contributed by atoms with Crippen molar-refractivity contribution in [3.05, 3.63) is 29.6 Å². The van der Waals surface area contributed by atoms with E-state index in [1.807, 2.05) is 6.20 Å². The zero-order valence-electron chi connectivity index (χ0n) is 14.9. The Morgan fingerprint density at radius 1 is 1.00 bits per heavy atom. The minimum atomic E-state index is 0.754. The van der Waals surface area contributed by atoms with Crippen LogP contribution in [0.25, 0.3) is 0 Å². The van der Waals surface area contributed by atoms with E-state index in [0.717, 1.165) is 11.8 Å². The largest absolute Gasteiger partial charge is 0.303 e. The molecule has 124 valence electrons. The van der Waals surface area contributed by atoms with Crippen molar-refractivity contribution in [3.8, 4) is 0 Å². The predicted molar refractivity (Wildman–Crippen MR) is 95.2 cm³/mol. The Balaban J connectivity index is 1.75. The molecule has 0 aliphatic carbocycles. The summed E-state index contributed by atoms with van der Waals surface area (Å²) in [5.41, 5.74) is 2.84. The van der Waals surface area contributed by atoms with Gasteiger partial charge in [-0.1, -0.05) is 33.3 Å². The van der Waals surface area contributed by atoms with Crippen molar-refractivity contribution < 1.29 is 0 Å². The highest BCUT2D eigenvalue weighted by Crippen LogP contribution is 2.16. The van der Waals surface area contributed by atoms with E-state index in [1.54, 1.807) is 0 Å². The molecule has 0 N–H and O–H groups in total. The molecule has 0 radical (unpaired) electrons. The van der Waals surface area contributed by atoms with Crippen LogP contribution in [-0.2, 0) is 12.8 Å². The van der Waals surface area contributed by atoms with Crippen LogP contribution < -0.4 is 0 Å². The van der Waals surface area contributed by atoms with Crippen molar-refractivity contribution >= 4 is 0 Å². The van der Waals surface area contributed by atoms with Crippen molar-refractivity contribution in [3.63, 3.8) is 0 Å². The number of pyridine rings is 1. The molecule has 1 atom stereocenters. The van der Waals surface area contributed by atoms with Gasteiger partial charge in [0.2, 0.25) is 0 Å². The SMILES string of the molecule is CC(C)CCc1cncc(CC(C)CCN2CCCCC2)c1. The molecule has 0 amide bonds. The lowest BCUT2D eigenvalue weighted by Gasteiger charge is -2.27. The average molecular weight is 303 g/mol. The third-order valence-electron chi connectivity index (χ3n) is 4.83. The van der Waals surface area contributed by atoms with E-state index in [2.05, 4.69) is 42.9 Å².